The number of halogens is 1. The zero-order chi connectivity index (χ0) is 13.3. The van der Waals surface area contributed by atoms with Crippen LogP contribution in [0.5, 0.6) is 0 Å². The van der Waals surface area contributed by atoms with E-state index in [1.165, 1.54) is 12.1 Å². The molecule has 0 aliphatic carbocycles. The van der Waals surface area contributed by atoms with Gasteiger partial charge in [-0.25, -0.2) is 12.8 Å². The molecule has 1 aromatic rings. The van der Waals surface area contributed by atoms with Crippen LogP contribution < -0.4 is 11.3 Å². The lowest BCUT2D eigenvalue weighted by Crippen LogP contribution is -2.34. The molecule has 0 radical (unpaired) electrons. The molecular weight excluding hydrogens is 255 g/mol. The number of hydrogen-bond donors (Lipinski definition) is 2. The first-order chi connectivity index (χ1) is 8.43. The number of rotatable bonds is 3. The van der Waals surface area contributed by atoms with E-state index in [1.807, 2.05) is 0 Å². The topological polar surface area (TPSA) is 72.2 Å². The van der Waals surface area contributed by atoms with E-state index >= 15 is 0 Å². The fourth-order valence-electron chi connectivity index (χ4n) is 2.55. The molecular formula is C12H17FN2O2S. The van der Waals surface area contributed by atoms with E-state index in [0.29, 0.717) is 6.42 Å². The van der Waals surface area contributed by atoms with Gasteiger partial charge in [-0.05, 0) is 42.5 Å². The lowest BCUT2D eigenvalue weighted by molar-refractivity contribution is 0.397. The van der Waals surface area contributed by atoms with Gasteiger partial charge in [0.05, 0.1) is 17.5 Å². The Morgan fingerprint density at radius 2 is 2.22 bits per heavy atom. The molecule has 1 aromatic carbocycles. The predicted molar refractivity (Wildman–Crippen MR) is 68.0 cm³/mol. The van der Waals surface area contributed by atoms with Crippen LogP contribution in [-0.2, 0) is 9.84 Å². The van der Waals surface area contributed by atoms with Crippen molar-refractivity contribution in [3.8, 4) is 0 Å². The maximum absolute atomic E-state index is 13.1. The second-order valence-corrected chi connectivity index (χ2v) is 7.04. The minimum atomic E-state index is -2.95. The summed E-state index contributed by atoms with van der Waals surface area (Å²) in [4.78, 5) is 0. The molecule has 0 bridgehead atoms. The summed E-state index contributed by atoms with van der Waals surface area (Å²) in [5.74, 6) is 5.53. The van der Waals surface area contributed by atoms with Crippen LogP contribution in [0, 0.1) is 18.7 Å². The van der Waals surface area contributed by atoms with Gasteiger partial charge in [0.25, 0.3) is 0 Å². The zero-order valence-electron chi connectivity index (χ0n) is 10.2. The Kier molecular flexibility index (Phi) is 3.70. The van der Waals surface area contributed by atoms with Crippen LogP contribution in [0.4, 0.5) is 4.39 Å². The maximum Gasteiger partial charge on any atom is 0.150 e. The number of nitrogens with one attached hydrogen (secondary N) is 1. The summed E-state index contributed by atoms with van der Waals surface area (Å²) < 4.78 is 36.1. The van der Waals surface area contributed by atoms with Crippen LogP contribution >= 0.6 is 0 Å². The van der Waals surface area contributed by atoms with Gasteiger partial charge >= 0.3 is 0 Å². The fraction of sp³-hybridized carbons (Fsp3) is 0.500. The molecule has 1 heterocycles. The molecule has 1 aliphatic heterocycles. The van der Waals surface area contributed by atoms with Gasteiger partial charge in [0.1, 0.15) is 5.82 Å². The molecule has 4 nitrogen and oxygen atoms in total. The summed E-state index contributed by atoms with van der Waals surface area (Å²) in [6, 6.07) is 4.22. The molecule has 6 heteroatoms. The summed E-state index contributed by atoms with van der Waals surface area (Å²) in [5, 5.41) is 0. The summed E-state index contributed by atoms with van der Waals surface area (Å²) in [5.41, 5.74) is 4.31. The van der Waals surface area contributed by atoms with Crippen molar-refractivity contribution in [1.82, 2.24) is 5.43 Å². The number of aryl methyl sites for hydroxylation is 1. The third-order valence-electron chi connectivity index (χ3n) is 3.49. The summed E-state index contributed by atoms with van der Waals surface area (Å²) in [6.07, 6.45) is 0.591. The molecule has 1 aliphatic rings. The maximum atomic E-state index is 13.1. The van der Waals surface area contributed by atoms with Crippen molar-refractivity contribution in [3.63, 3.8) is 0 Å². The smallest absolute Gasteiger partial charge is 0.150 e. The molecule has 3 N–H and O–H groups in total. The van der Waals surface area contributed by atoms with E-state index in [1.54, 1.807) is 13.0 Å². The van der Waals surface area contributed by atoms with Crippen molar-refractivity contribution in [2.75, 3.05) is 11.5 Å². The molecule has 2 rings (SSSR count). The summed E-state index contributed by atoms with van der Waals surface area (Å²) in [6.45, 7) is 1.80. The first-order valence-corrected chi connectivity index (χ1v) is 7.67. The van der Waals surface area contributed by atoms with E-state index in [9.17, 15) is 12.8 Å². The van der Waals surface area contributed by atoms with Gasteiger partial charge in [-0.2, -0.15) is 0 Å². The highest BCUT2D eigenvalue weighted by atomic mass is 32.2. The van der Waals surface area contributed by atoms with Crippen molar-refractivity contribution in [3.05, 3.63) is 35.1 Å². The predicted octanol–water partition coefficient (Wildman–Crippen LogP) is 1.07. The molecule has 0 spiro atoms. The van der Waals surface area contributed by atoms with E-state index in [4.69, 9.17) is 5.84 Å². The van der Waals surface area contributed by atoms with Crippen molar-refractivity contribution in [2.24, 2.45) is 11.8 Å². The normalized spacial score (nSPS) is 24.1. The Bertz CT molecular complexity index is 545. The van der Waals surface area contributed by atoms with Gasteiger partial charge in [-0.15, -0.1) is 0 Å². The Labute approximate surface area is 106 Å². The van der Waals surface area contributed by atoms with Crippen molar-refractivity contribution < 1.29 is 12.8 Å². The Morgan fingerprint density at radius 1 is 1.50 bits per heavy atom. The minimum absolute atomic E-state index is 0.0517. The molecule has 18 heavy (non-hydrogen) atoms. The molecule has 100 valence electrons. The van der Waals surface area contributed by atoms with E-state index in [-0.39, 0.29) is 29.3 Å². The van der Waals surface area contributed by atoms with Gasteiger partial charge in [-0.3, -0.25) is 11.3 Å². The first kappa shape index (κ1) is 13.5. The highest BCUT2D eigenvalue weighted by molar-refractivity contribution is 7.91. The average molecular weight is 272 g/mol. The largest absolute Gasteiger partial charge is 0.271 e. The molecule has 0 aromatic heterocycles. The van der Waals surface area contributed by atoms with Gasteiger partial charge in [0, 0.05) is 0 Å². The highest BCUT2D eigenvalue weighted by Gasteiger charge is 2.34. The number of sulfone groups is 1. The second kappa shape index (κ2) is 4.95. The fourth-order valence-corrected chi connectivity index (χ4v) is 4.39. The van der Waals surface area contributed by atoms with Crippen molar-refractivity contribution >= 4 is 9.84 Å². The Balaban J connectivity index is 2.29. The number of hydrogen-bond acceptors (Lipinski definition) is 4. The lowest BCUT2D eigenvalue weighted by Gasteiger charge is -2.23. The molecule has 2 atom stereocenters. The highest BCUT2D eigenvalue weighted by Crippen LogP contribution is 2.32. The van der Waals surface area contributed by atoms with Crippen molar-refractivity contribution in [1.29, 1.82) is 0 Å². The van der Waals surface area contributed by atoms with Crippen LogP contribution in [0.1, 0.15) is 23.6 Å². The first-order valence-electron chi connectivity index (χ1n) is 5.85. The quantitative estimate of drug-likeness (QED) is 0.638. The summed E-state index contributed by atoms with van der Waals surface area (Å²) in [7, 11) is -2.95. The van der Waals surface area contributed by atoms with E-state index < -0.39 is 9.84 Å². The van der Waals surface area contributed by atoms with E-state index in [0.717, 1.165) is 11.1 Å². The second-order valence-electron chi connectivity index (χ2n) is 4.81. The Hall–Kier alpha value is -0.980. The van der Waals surface area contributed by atoms with Gasteiger partial charge < -0.3 is 0 Å². The van der Waals surface area contributed by atoms with Crippen LogP contribution in [-0.4, -0.2) is 19.9 Å². The third kappa shape index (κ3) is 2.71. The zero-order valence-corrected chi connectivity index (χ0v) is 11.0. The molecule has 0 amide bonds. The molecule has 1 fully saturated rings. The van der Waals surface area contributed by atoms with Gasteiger partial charge in [-0.1, -0.05) is 6.07 Å². The molecule has 1 saturated heterocycles. The summed E-state index contributed by atoms with van der Waals surface area (Å²) >= 11 is 0. The van der Waals surface area contributed by atoms with Gasteiger partial charge in [0.15, 0.2) is 9.84 Å². The number of benzene rings is 1. The molecule has 0 saturated carbocycles. The lowest BCUT2D eigenvalue weighted by atomic mass is 9.90. The van der Waals surface area contributed by atoms with Crippen LogP contribution in [0.3, 0.4) is 0 Å². The third-order valence-corrected chi connectivity index (χ3v) is 5.28. The van der Waals surface area contributed by atoms with Crippen LogP contribution in [0.2, 0.25) is 0 Å². The standard InChI is InChI=1S/C12H17FN2O2S/c1-8-6-10(13)2-3-11(8)12(15-14)9-4-5-18(16,17)7-9/h2-3,6,9,12,15H,4-5,7,14H2,1H3. The SMILES string of the molecule is Cc1cc(F)ccc1C(NN)C1CCS(=O)(=O)C1. The van der Waals surface area contributed by atoms with Crippen LogP contribution in [0.25, 0.3) is 0 Å². The number of nitrogens with two attached hydrogens (primary N) is 1. The Morgan fingerprint density at radius 3 is 2.72 bits per heavy atom. The average Bonchev–Trinajstić information content (AvgIpc) is 2.63. The molecule has 2 unspecified atom stereocenters. The van der Waals surface area contributed by atoms with Crippen LogP contribution in [0.15, 0.2) is 18.2 Å². The van der Waals surface area contributed by atoms with Crippen molar-refractivity contribution in [2.45, 2.75) is 19.4 Å². The van der Waals surface area contributed by atoms with E-state index in [2.05, 4.69) is 5.43 Å². The monoisotopic (exact) mass is 272 g/mol. The van der Waals surface area contributed by atoms with Gasteiger partial charge in [0.2, 0.25) is 0 Å². The minimum Gasteiger partial charge on any atom is -0.271 e. The number of hydrazine groups is 1.